The minimum absolute atomic E-state index is 0.114. The van der Waals surface area contributed by atoms with Gasteiger partial charge < -0.3 is 19.7 Å². The Hall–Kier alpha value is -4.50. The van der Waals surface area contributed by atoms with Crippen LogP contribution in [-0.4, -0.2) is 79.9 Å². The second-order valence-corrected chi connectivity index (χ2v) is 13.1. The molecule has 222 valence electrons. The summed E-state index contributed by atoms with van der Waals surface area (Å²) in [5, 5.41) is 4.41. The monoisotopic (exact) mass is 616 g/mol. The van der Waals surface area contributed by atoms with Gasteiger partial charge in [0.05, 0.1) is 16.8 Å². The second-order valence-electron chi connectivity index (χ2n) is 9.28. The molecule has 0 aliphatic carbocycles. The van der Waals surface area contributed by atoms with Gasteiger partial charge in [0, 0.05) is 0 Å². The van der Waals surface area contributed by atoms with Gasteiger partial charge in [-0.15, -0.1) is 0 Å². The molecule has 1 aromatic heterocycles. The number of likely N-dealkylation sites (tertiary alicyclic amines) is 1. The number of para-hydroxylation sites is 1. The number of nitrogens with zero attached hydrogens (tertiary/aromatic N) is 3. The number of aromatic nitrogens is 2. The van der Waals surface area contributed by atoms with Crippen molar-refractivity contribution in [3.8, 4) is 5.75 Å². The van der Waals surface area contributed by atoms with E-state index in [4.69, 9.17) is 9.47 Å². The highest BCUT2D eigenvalue weighted by Gasteiger charge is 2.57. The van der Waals surface area contributed by atoms with Crippen LogP contribution in [0.2, 0.25) is 0 Å². The molecule has 2 aromatic carbocycles. The molecule has 2 unspecified atom stereocenters. The predicted octanol–water partition coefficient (Wildman–Crippen LogP) is 0.972. The molecule has 4 rings (SSSR count). The molecule has 2 amide bonds. The van der Waals surface area contributed by atoms with E-state index in [1.165, 1.54) is 25.1 Å². The first-order valence-corrected chi connectivity index (χ1v) is 15.5. The number of benzene rings is 2. The van der Waals surface area contributed by atoms with E-state index in [0.717, 1.165) is 16.7 Å². The number of aryl methyl sites for hydroxylation is 1. The van der Waals surface area contributed by atoms with Gasteiger partial charge in [-0.2, -0.15) is 17.6 Å². The number of β-lactam (4-membered cyclic amide) rings is 1. The Balaban J connectivity index is 1.63. The van der Waals surface area contributed by atoms with Crippen LogP contribution in [0.5, 0.6) is 5.75 Å². The number of hydrogen-bond donors (Lipinski definition) is 1. The summed E-state index contributed by atoms with van der Waals surface area (Å²) in [5.74, 6) is -2.18. The minimum atomic E-state index is -4.60. The predicted molar refractivity (Wildman–Crippen MR) is 148 cm³/mol. The molecule has 0 bridgehead atoms. The Bertz CT molecular complexity index is 1720. The third-order valence-corrected chi connectivity index (χ3v) is 10.2. The van der Waals surface area contributed by atoms with Gasteiger partial charge in [-0.25, -0.2) is 8.42 Å². The van der Waals surface area contributed by atoms with E-state index in [1.54, 1.807) is 49.4 Å². The lowest BCUT2D eigenvalue weighted by molar-refractivity contribution is -0.158. The quantitative estimate of drug-likeness (QED) is 0.176. The van der Waals surface area contributed by atoms with Crippen molar-refractivity contribution in [3.63, 3.8) is 0 Å². The summed E-state index contributed by atoms with van der Waals surface area (Å²) in [7, 11) is -8.87. The molecule has 15 heteroatoms. The normalized spacial score (nSPS) is 16.8. The van der Waals surface area contributed by atoms with Crippen molar-refractivity contribution in [2.24, 2.45) is 0 Å². The van der Waals surface area contributed by atoms with Gasteiger partial charge in [0.1, 0.15) is 29.8 Å². The van der Waals surface area contributed by atoms with Gasteiger partial charge in [-0.3, -0.25) is 14.4 Å². The standard InChI is InChI=1S/C27H28N4O9S2/c1-4-14-39-24(33)16-30-26(34)25(29-23(32)17-40-20-8-6-5-7-9-20)27(30)41(35,36)22-15-28-31(19(22)3)42(37,38)21-12-10-18(2)11-13-21/h4-13,15,25,27H,1,14,16-17H2,2-3H3,(H,29,32). The molecule has 1 N–H and O–H groups in total. The van der Waals surface area contributed by atoms with E-state index in [9.17, 15) is 31.2 Å². The van der Waals surface area contributed by atoms with Crippen LogP contribution in [-0.2, 0) is 39.0 Å². The third-order valence-electron chi connectivity index (χ3n) is 6.33. The highest BCUT2D eigenvalue weighted by molar-refractivity contribution is 7.92. The molecular formula is C27H28N4O9S2. The van der Waals surface area contributed by atoms with E-state index < -0.39 is 67.1 Å². The summed E-state index contributed by atoms with van der Waals surface area (Å²) in [5.41, 5.74) is 0.569. The first kappa shape index (κ1) is 30.5. The molecule has 0 saturated carbocycles. The molecule has 1 aliphatic rings. The van der Waals surface area contributed by atoms with Crippen LogP contribution in [0.25, 0.3) is 0 Å². The Labute approximate surface area is 242 Å². The van der Waals surface area contributed by atoms with Crippen molar-refractivity contribution >= 4 is 37.6 Å². The maximum absolute atomic E-state index is 13.9. The summed E-state index contributed by atoms with van der Waals surface area (Å²) in [6.45, 7) is 5.02. The molecular weight excluding hydrogens is 588 g/mol. The van der Waals surface area contributed by atoms with E-state index in [0.29, 0.717) is 9.84 Å². The smallest absolute Gasteiger partial charge is 0.326 e. The fourth-order valence-electron chi connectivity index (χ4n) is 4.23. The van der Waals surface area contributed by atoms with Crippen LogP contribution >= 0.6 is 0 Å². The lowest BCUT2D eigenvalue weighted by Gasteiger charge is -2.45. The lowest BCUT2D eigenvalue weighted by atomic mass is 10.1. The van der Waals surface area contributed by atoms with Crippen LogP contribution in [0.3, 0.4) is 0 Å². The minimum Gasteiger partial charge on any atom is -0.484 e. The molecule has 0 radical (unpaired) electrons. The fourth-order valence-corrected chi connectivity index (χ4v) is 7.61. The SMILES string of the molecule is C=CCOC(=O)CN1C(=O)C(NC(=O)COc2ccccc2)C1S(=O)(=O)c1cnn(S(=O)(=O)c2ccc(C)cc2)c1C. The molecule has 1 fully saturated rings. The Morgan fingerprint density at radius 3 is 2.36 bits per heavy atom. The number of rotatable bonds is 12. The Morgan fingerprint density at radius 1 is 1.05 bits per heavy atom. The number of esters is 1. The second kappa shape index (κ2) is 12.2. The van der Waals surface area contributed by atoms with Crippen molar-refractivity contribution in [2.75, 3.05) is 19.8 Å². The largest absolute Gasteiger partial charge is 0.484 e. The first-order valence-electron chi connectivity index (χ1n) is 12.5. The molecule has 3 aromatic rings. The zero-order valence-corrected chi connectivity index (χ0v) is 24.3. The third kappa shape index (κ3) is 6.06. The van der Waals surface area contributed by atoms with Crippen molar-refractivity contribution in [1.29, 1.82) is 0 Å². The number of amides is 2. The van der Waals surface area contributed by atoms with Crippen molar-refractivity contribution in [3.05, 3.63) is 84.7 Å². The first-order chi connectivity index (χ1) is 19.9. The average Bonchev–Trinajstić information content (AvgIpc) is 3.37. The molecule has 2 heterocycles. The maximum atomic E-state index is 13.9. The number of carbonyl (C=O) groups is 3. The van der Waals surface area contributed by atoms with E-state index >= 15 is 0 Å². The van der Waals surface area contributed by atoms with E-state index in [-0.39, 0.29) is 17.2 Å². The van der Waals surface area contributed by atoms with E-state index in [2.05, 4.69) is 17.0 Å². The topological polar surface area (TPSA) is 171 Å². The molecule has 1 saturated heterocycles. The van der Waals surface area contributed by atoms with Crippen LogP contribution in [0.15, 0.2) is 83.2 Å². The van der Waals surface area contributed by atoms with Crippen LogP contribution < -0.4 is 10.1 Å². The van der Waals surface area contributed by atoms with Crippen LogP contribution in [0, 0.1) is 13.8 Å². The molecule has 42 heavy (non-hydrogen) atoms. The van der Waals surface area contributed by atoms with Crippen molar-refractivity contribution in [2.45, 2.75) is 35.1 Å². The average molecular weight is 617 g/mol. The van der Waals surface area contributed by atoms with E-state index in [1.807, 2.05) is 0 Å². The van der Waals surface area contributed by atoms with Crippen molar-refractivity contribution in [1.82, 2.24) is 19.4 Å². The zero-order chi connectivity index (χ0) is 30.7. The number of hydrogen-bond acceptors (Lipinski definition) is 10. The number of nitrogens with one attached hydrogen (secondary N) is 1. The highest BCUT2D eigenvalue weighted by atomic mass is 32.2. The molecule has 0 spiro atoms. The summed E-state index contributed by atoms with van der Waals surface area (Å²) in [6.07, 6.45) is 2.15. The van der Waals surface area contributed by atoms with Gasteiger partial charge in [-0.1, -0.05) is 48.6 Å². The molecule has 1 aliphatic heterocycles. The summed E-state index contributed by atoms with van der Waals surface area (Å²) < 4.78 is 65.1. The van der Waals surface area contributed by atoms with Gasteiger partial charge in [0.2, 0.25) is 15.7 Å². The van der Waals surface area contributed by atoms with Crippen molar-refractivity contribution < 1.29 is 40.7 Å². The number of carbonyl (C=O) groups excluding carboxylic acids is 3. The van der Waals surface area contributed by atoms with Gasteiger partial charge in [0.25, 0.3) is 15.9 Å². The number of ether oxygens (including phenoxy) is 2. The number of sulfone groups is 1. The lowest BCUT2D eigenvalue weighted by Crippen LogP contribution is -2.74. The summed E-state index contributed by atoms with van der Waals surface area (Å²) in [6, 6.07) is 12.7. The molecule has 2 atom stereocenters. The summed E-state index contributed by atoms with van der Waals surface area (Å²) in [4.78, 5) is 38.0. The summed E-state index contributed by atoms with van der Waals surface area (Å²) >= 11 is 0. The maximum Gasteiger partial charge on any atom is 0.326 e. The Morgan fingerprint density at radius 2 is 1.71 bits per heavy atom. The fraction of sp³-hybridized carbons (Fsp3) is 0.259. The van der Waals surface area contributed by atoms with Gasteiger partial charge >= 0.3 is 5.97 Å². The molecule has 13 nitrogen and oxygen atoms in total. The van der Waals surface area contributed by atoms with Crippen LogP contribution in [0.1, 0.15) is 11.3 Å². The van der Waals surface area contributed by atoms with Crippen LogP contribution in [0.4, 0.5) is 0 Å². The van der Waals surface area contributed by atoms with Gasteiger partial charge in [-0.05, 0) is 38.1 Å². The van der Waals surface area contributed by atoms with Gasteiger partial charge in [0.15, 0.2) is 12.0 Å². The Kier molecular flexibility index (Phi) is 8.82. The highest BCUT2D eigenvalue weighted by Crippen LogP contribution is 2.32. The zero-order valence-electron chi connectivity index (χ0n) is 22.7.